The summed E-state index contributed by atoms with van der Waals surface area (Å²) in [6.07, 6.45) is 0. The molecule has 1 heterocycles. The Morgan fingerprint density at radius 2 is 2.05 bits per heavy atom. The van der Waals surface area contributed by atoms with Gasteiger partial charge in [-0.3, -0.25) is 9.59 Å². The first-order chi connectivity index (χ1) is 9.70. The molecular weight excluding hydrogens is 295 g/mol. The van der Waals surface area contributed by atoms with Crippen LogP contribution in [0, 0.1) is 11.2 Å². The van der Waals surface area contributed by atoms with Gasteiger partial charge in [0.1, 0.15) is 11.9 Å². The van der Waals surface area contributed by atoms with Crippen molar-refractivity contribution >= 4 is 23.4 Å². The Balaban J connectivity index is 2.31. The van der Waals surface area contributed by atoms with Crippen LogP contribution in [0.4, 0.5) is 4.39 Å². The summed E-state index contributed by atoms with van der Waals surface area (Å²) in [7, 11) is 0. The van der Waals surface area contributed by atoms with Gasteiger partial charge >= 0.3 is 0 Å². The molecule has 1 aromatic rings. The van der Waals surface area contributed by atoms with Gasteiger partial charge in [0, 0.05) is 6.54 Å². The second-order valence-electron chi connectivity index (χ2n) is 6.26. The molecule has 0 spiro atoms. The topological polar surface area (TPSA) is 49.4 Å². The van der Waals surface area contributed by atoms with Gasteiger partial charge in [-0.2, -0.15) is 0 Å². The minimum Gasteiger partial charge on any atom is -0.345 e. The molecule has 114 valence electrons. The lowest BCUT2D eigenvalue weighted by atomic mass is 9.83. The van der Waals surface area contributed by atoms with Gasteiger partial charge in [0.2, 0.25) is 11.8 Å². The number of nitrogens with one attached hydrogen (secondary N) is 1. The maximum absolute atomic E-state index is 13.5. The molecule has 21 heavy (non-hydrogen) atoms. The molecule has 0 aliphatic carbocycles. The van der Waals surface area contributed by atoms with Gasteiger partial charge < -0.3 is 10.2 Å². The third-order valence-corrected chi connectivity index (χ3v) is 3.76. The first-order valence-corrected chi connectivity index (χ1v) is 7.09. The van der Waals surface area contributed by atoms with Gasteiger partial charge in [-0.1, -0.05) is 38.4 Å². The van der Waals surface area contributed by atoms with Gasteiger partial charge in [-0.05, 0) is 23.1 Å². The molecule has 1 saturated heterocycles. The minimum absolute atomic E-state index is 0.0263. The standard InChI is InChI=1S/C15H18ClFN2O2/c1-15(2,3)13-14(21)18-7-12(20)19(13)8-9-4-5-10(16)11(17)6-9/h4-6,13H,7-8H2,1-3H3,(H,18,21). The fourth-order valence-corrected chi connectivity index (χ4v) is 2.64. The molecule has 2 rings (SSSR count). The Morgan fingerprint density at radius 1 is 1.38 bits per heavy atom. The predicted molar refractivity (Wildman–Crippen MR) is 78.2 cm³/mol. The summed E-state index contributed by atoms with van der Waals surface area (Å²) in [5.74, 6) is -0.892. The zero-order valence-corrected chi connectivity index (χ0v) is 13.0. The van der Waals surface area contributed by atoms with Gasteiger partial charge in [-0.25, -0.2) is 4.39 Å². The average molecular weight is 313 g/mol. The number of rotatable bonds is 2. The van der Waals surface area contributed by atoms with E-state index in [0.717, 1.165) is 0 Å². The van der Waals surface area contributed by atoms with Crippen molar-refractivity contribution in [2.75, 3.05) is 6.54 Å². The summed E-state index contributed by atoms with van der Waals surface area (Å²) < 4.78 is 13.5. The van der Waals surface area contributed by atoms with Crippen LogP contribution < -0.4 is 5.32 Å². The first-order valence-electron chi connectivity index (χ1n) is 6.71. The molecule has 2 amide bonds. The van der Waals surface area contributed by atoms with Crippen LogP contribution in [0.1, 0.15) is 26.3 Å². The Morgan fingerprint density at radius 3 is 2.62 bits per heavy atom. The molecular formula is C15H18ClFN2O2. The lowest BCUT2D eigenvalue weighted by Gasteiger charge is -2.42. The van der Waals surface area contributed by atoms with E-state index in [4.69, 9.17) is 11.6 Å². The maximum atomic E-state index is 13.5. The molecule has 1 aromatic carbocycles. The van der Waals surface area contributed by atoms with Crippen LogP contribution in [0.15, 0.2) is 18.2 Å². The zero-order valence-electron chi connectivity index (χ0n) is 12.2. The molecule has 1 aliphatic rings. The van der Waals surface area contributed by atoms with Gasteiger partial charge in [-0.15, -0.1) is 0 Å². The van der Waals surface area contributed by atoms with Crippen molar-refractivity contribution in [3.63, 3.8) is 0 Å². The van der Waals surface area contributed by atoms with Crippen LogP contribution in [0.2, 0.25) is 5.02 Å². The van der Waals surface area contributed by atoms with Crippen molar-refractivity contribution in [2.45, 2.75) is 33.4 Å². The SMILES string of the molecule is CC(C)(C)C1C(=O)NCC(=O)N1Cc1ccc(Cl)c(F)c1. The lowest BCUT2D eigenvalue weighted by Crippen LogP contribution is -2.62. The summed E-state index contributed by atoms with van der Waals surface area (Å²) in [6.45, 7) is 5.84. The van der Waals surface area contributed by atoms with Crippen LogP contribution >= 0.6 is 11.6 Å². The van der Waals surface area contributed by atoms with Crippen LogP contribution in [0.5, 0.6) is 0 Å². The van der Waals surface area contributed by atoms with E-state index >= 15 is 0 Å². The van der Waals surface area contributed by atoms with Crippen LogP contribution in [-0.4, -0.2) is 29.3 Å². The second kappa shape index (κ2) is 5.64. The monoisotopic (exact) mass is 312 g/mol. The minimum atomic E-state index is -0.586. The van der Waals surface area contributed by atoms with E-state index in [1.807, 2.05) is 20.8 Å². The molecule has 0 aromatic heterocycles. The number of hydrogen-bond acceptors (Lipinski definition) is 2. The van der Waals surface area contributed by atoms with Crippen molar-refractivity contribution in [2.24, 2.45) is 5.41 Å². The quantitative estimate of drug-likeness (QED) is 0.911. The van der Waals surface area contributed by atoms with E-state index in [2.05, 4.69) is 5.32 Å². The molecule has 0 bridgehead atoms. The molecule has 0 saturated carbocycles. The summed E-state index contributed by atoms with van der Waals surface area (Å²) in [5, 5.41) is 2.64. The predicted octanol–water partition coefficient (Wildman–Crippen LogP) is 2.35. The molecule has 1 fully saturated rings. The Labute approximate surface area is 128 Å². The summed E-state index contributed by atoms with van der Waals surface area (Å²) >= 11 is 5.66. The van der Waals surface area contributed by atoms with Crippen molar-refractivity contribution in [3.05, 3.63) is 34.6 Å². The highest BCUT2D eigenvalue weighted by Gasteiger charge is 2.41. The van der Waals surface area contributed by atoms with E-state index in [9.17, 15) is 14.0 Å². The van der Waals surface area contributed by atoms with Crippen molar-refractivity contribution in [1.82, 2.24) is 10.2 Å². The van der Waals surface area contributed by atoms with E-state index < -0.39 is 17.3 Å². The maximum Gasteiger partial charge on any atom is 0.243 e. The zero-order chi connectivity index (χ0) is 15.8. The number of piperazine rings is 1. The van der Waals surface area contributed by atoms with E-state index in [1.165, 1.54) is 17.0 Å². The second-order valence-corrected chi connectivity index (χ2v) is 6.66. The number of hydrogen-bond donors (Lipinski definition) is 1. The third-order valence-electron chi connectivity index (χ3n) is 3.45. The molecule has 1 atom stereocenters. The third kappa shape index (κ3) is 3.35. The molecule has 0 radical (unpaired) electrons. The lowest BCUT2D eigenvalue weighted by molar-refractivity contribution is -0.150. The van der Waals surface area contributed by atoms with E-state index in [0.29, 0.717) is 5.56 Å². The Bertz CT molecular complexity index is 584. The van der Waals surface area contributed by atoms with Crippen LogP contribution in [0.3, 0.4) is 0 Å². The first kappa shape index (κ1) is 15.8. The van der Waals surface area contributed by atoms with Gasteiger partial charge in [0.25, 0.3) is 0 Å². The number of nitrogens with zero attached hydrogens (tertiary/aromatic N) is 1. The smallest absolute Gasteiger partial charge is 0.243 e. The highest BCUT2D eigenvalue weighted by Crippen LogP contribution is 2.28. The fourth-order valence-electron chi connectivity index (χ4n) is 2.52. The fraction of sp³-hybridized carbons (Fsp3) is 0.467. The summed E-state index contributed by atoms with van der Waals surface area (Å²) in [4.78, 5) is 25.8. The average Bonchev–Trinajstić information content (AvgIpc) is 2.37. The number of amides is 2. The molecule has 1 aliphatic heterocycles. The Kier molecular flexibility index (Phi) is 4.23. The van der Waals surface area contributed by atoms with Crippen molar-refractivity contribution in [1.29, 1.82) is 0 Å². The molecule has 6 heteroatoms. The summed E-state index contributed by atoms with van der Waals surface area (Å²) in [6, 6.07) is 3.82. The van der Waals surface area contributed by atoms with Crippen molar-refractivity contribution in [3.8, 4) is 0 Å². The van der Waals surface area contributed by atoms with Gasteiger partial charge in [0.15, 0.2) is 0 Å². The number of carbonyl (C=O) groups excluding carboxylic acids is 2. The summed E-state index contributed by atoms with van der Waals surface area (Å²) in [5.41, 5.74) is 0.194. The molecule has 1 unspecified atom stereocenters. The highest BCUT2D eigenvalue weighted by molar-refractivity contribution is 6.30. The van der Waals surface area contributed by atoms with Crippen LogP contribution in [-0.2, 0) is 16.1 Å². The van der Waals surface area contributed by atoms with Crippen molar-refractivity contribution < 1.29 is 14.0 Å². The number of carbonyl (C=O) groups is 2. The van der Waals surface area contributed by atoms with E-state index in [1.54, 1.807) is 6.07 Å². The van der Waals surface area contributed by atoms with E-state index in [-0.39, 0.29) is 29.9 Å². The normalized spacial score (nSPS) is 19.7. The number of halogens is 2. The van der Waals surface area contributed by atoms with Gasteiger partial charge in [0.05, 0.1) is 11.6 Å². The highest BCUT2D eigenvalue weighted by atomic mass is 35.5. The Hall–Kier alpha value is -1.62. The molecule has 4 nitrogen and oxygen atoms in total. The molecule has 1 N–H and O–H groups in total. The number of benzene rings is 1. The van der Waals surface area contributed by atoms with Crippen LogP contribution in [0.25, 0.3) is 0 Å². The largest absolute Gasteiger partial charge is 0.345 e.